The standard InChI is InChI=1S/C32H48O18/c1-2-3-4-5-7-10-16(35)17(11-8-6-9-12-33)47-32-29(44)26(41)23(38)20(50-32)15-46-31-28(43)25(40)22(37)19(49-31)14-45-30-27(42)24(39)21(36)18(13-34)48-30/h2-3,8,11,16-44H,6,9,12-15H2,1H3/b3-2+,11-8+/t16?,17?,18-,19-,20-,21-,22-,23-,24+,25+,26+,27-,28-,29-,30-,31-,32-/m1/s1. The lowest BCUT2D eigenvalue weighted by molar-refractivity contribution is -0.344. The maximum absolute atomic E-state index is 10.7. The summed E-state index contributed by atoms with van der Waals surface area (Å²) >= 11 is 0. The summed E-state index contributed by atoms with van der Waals surface area (Å²) in [5.74, 6) is 10.1. The Kier molecular flexibility index (Phi) is 17.6. The van der Waals surface area contributed by atoms with Crippen molar-refractivity contribution in [2.45, 2.75) is 124 Å². The zero-order valence-electron chi connectivity index (χ0n) is 27.2. The van der Waals surface area contributed by atoms with Crippen molar-refractivity contribution in [2.75, 3.05) is 26.4 Å². The van der Waals surface area contributed by atoms with Gasteiger partial charge in [0.05, 0.1) is 19.8 Å². The van der Waals surface area contributed by atoms with Gasteiger partial charge in [-0.2, -0.15) is 0 Å². The Labute approximate surface area is 288 Å². The summed E-state index contributed by atoms with van der Waals surface area (Å²) in [5, 5.41) is 123. The monoisotopic (exact) mass is 720 g/mol. The summed E-state index contributed by atoms with van der Waals surface area (Å²) in [6.07, 6.45) is -20.8. The third kappa shape index (κ3) is 11.2. The minimum atomic E-state index is -1.86. The van der Waals surface area contributed by atoms with Crippen molar-refractivity contribution in [3.05, 3.63) is 24.3 Å². The van der Waals surface area contributed by atoms with Crippen LogP contribution in [-0.4, -0.2) is 192 Å². The number of hydrogen-bond donors (Lipinski definition) is 12. The Morgan fingerprint density at radius 2 is 1.16 bits per heavy atom. The average molecular weight is 721 g/mol. The summed E-state index contributed by atoms with van der Waals surface area (Å²) < 4.78 is 33.2. The molecule has 17 atom stereocenters. The first kappa shape index (κ1) is 42.3. The van der Waals surface area contributed by atoms with E-state index in [4.69, 9.17) is 33.5 Å². The highest BCUT2D eigenvalue weighted by Gasteiger charge is 2.49. The van der Waals surface area contributed by atoms with Gasteiger partial charge >= 0.3 is 0 Å². The Bertz CT molecular complexity index is 1190. The fourth-order valence-electron chi connectivity index (χ4n) is 5.12. The van der Waals surface area contributed by atoms with E-state index in [0.29, 0.717) is 12.8 Å². The van der Waals surface area contributed by atoms with E-state index in [1.807, 2.05) is 0 Å². The highest BCUT2D eigenvalue weighted by atomic mass is 16.7. The molecule has 0 radical (unpaired) electrons. The number of hydrogen-bond acceptors (Lipinski definition) is 18. The molecule has 0 amide bonds. The Morgan fingerprint density at radius 1 is 0.660 bits per heavy atom. The molecule has 3 aliphatic heterocycles. The van der Waals surface area contributed by atoms with Gasteiger partial charge in [-0.3, -0.25) is 0 Å². The molecule has 50 heavy (non-hydrogen) atoms. The summed E-state index contributed by atoms with van der Waals surface area (Å²) in [7, 11) is 0. The molecular weight excluding hydrogens is 672 g/mol. The third-order valence-corrected chi connectivity index (χ3v) is 8.10. The van der Waals surface area contributed by atoms with Crippen molar-refractivity contribution in [1.82, 2.24) is 0 Å². The molecule has 0 spiro atoms. The maximum atomic E-state index is 10.7. The molecule has 2 unspecified atom stereocenters. The van der Waals surface area contributed by atoms with E-state index < -0.39 is 124 Å². The summed E-state index contributed by atoms with van der Waals surface area (Å²) in [4.78, 5) is 0. The van der Waals surface area contributed by atoms with Gasteiger partial charge in [0.25, 0.3) is 0 Å². The van der Waals surface area contributed by atoms with E-state index in [0.717, 1.165) is 0 Å². The Balaban J connectivity index is 1.67. The van der Waals surface area contributed by atoms with E-state index in [1.165, 1.54) is 6.08 Å². The van der Waals surface area contributed by atoms with Crippen LogP contribution in [0, 0.1) is 23.7 Å². The molecule has 18 nitrogen and oxygen atoms in total. The van der Waals surface area contributed by atoms with Crippen molar-refractivity contribution in [2.24, 2.45) is 0 Å². The predicted octanol–water partition coefficient (Wildman–Crippen LogP) is -5.91. The van der Waals surface area contributed by atoms with Crippen molar-refractivity contribution in [1.29, 1.82) is 0 Å². The average Bonchev–Trinajstić information content (AvgIpc) is 3.11. The molecule has 0 aliphatic carbocycles. The lowest BCUT2D eigenvalue weighted by Gasteiger charge is -2.44. The smallest absolute Gasteiger partial charge is 0.187 e. The normalized spacial score (nSPS) is 40.5. The van der Waals surface area contributed by atoms with Gasteiger partial charge < -0.3 is 89.7 Å². The van der Waals surface area contributed by atoms with E-state index in [1.54, 1.807) is 25.2 Å². The number of aliphatic hydroxyl groups excluding tert-OH is 12. The van der Waals surface area contributed by atoms with Crippen LogP contribution in [-0.2, 0) is 28.4 Å². The van der Waals surface area contributed by atoms with Crippen molar-refractivity contribution in [3.63, 3.8) is 0 Å². The molecule has 3 saturated heterocycles. The van der Waals surface area contributed by atoms with Crippen LogP contribution in [0.25, 0.3) is 0 Å². The quantitative estimate of drug-likeness (QED) is 0.0452. The van der Waals surface area contributed by atoms with Crippen LogP contribution >= 0.6 is 0 Å². The van der Waals surface area contributed by atoms with Crippen LogP contribution in [0.3, 0.4) is 0 Å². The second-order valence-corrected chi connectivity index (χ2v) is 11.8. The van der Waals surface area contributed by atoms with Gasteiger partial charge in [0.15, 0.2) is 18.9 Å². The first-order valence-corrected chi connectivity index (χ1v) is 16.0. The largest absolute Gasteiger partial charge is 0.396 e. The third-order valence-electron chi connectivity index (χ3n) is 8.10. The molecule has 0 aromatic rings. The van der Waals surface area contributed by atoms with E-state index >= 15 is 0 Å². The van der Waals surface area contributed by atoms with Crippen LogP contribution in [0.4, 0.5) is 0 Å². The highest BCUT2D eigenvalue weighted by molar-refractivity contribution is 5.32. The Morgan fingerprint density at radius 3 is 1.68 bits per heavy atom. The molecule has 3 aliphatic rings. The number of allylic oxidation sites excluding steroid dienone is 3. The van der Waals surface area contributed by atoms with Gasteiger partial charge in [-0.15, -0.1) is 0 Å². The van der Waals surface area contributed by atoms with Gasteiger partial charge in [0.1, 0.15) is 85.5 Å². The van der Waals surface area contributed by atoms with Crippen LogP contribution in [0.15, 0.2) is 24.3 Å². The van der Waals surface area contributed by atoms with Gasteiger partial charge in [-0.25, -0.2) is 0 Å². The van der Waals surface area contributed by atoms with Crippen LogP contribution in [0.2, 0.25) is 0 Å². The fraction of sp³-hybridized carbons (Fsp3) is 0.750. The molecule has 3 heterocycles. The zero-order chi connectivity index (χ0) is 37.0. The molecule has 12 N–H and O–H groups in total. The zero-order valence-corrected chi connectivity index (χ0v) is 27.2. The SMILES string of the molecule is C/C=C/C#CC#CC(O)C(/C=C/CCCO)O[C@@H]1O[C@H](CO[C@@H]2O[C@H](CO[C@@H]3O[C@H](CO)[C@@H](O)[C@H](O)[C@H]3O)[C@@H](O)[C@H](O)[C@H]2O)[C@@H](O)[C@H](O)[C@H]1O. The maximum Gasteiger partial charge on any atom is 0.187 e. The van der Waals surface area contributed by atoms with Crippen molar-refractivity contribution < 1.29 is 89.7 Å². The van der Waals surface area contributed by atoms with Crippen LogP contribution < -0.4 is 0 Å². The van der Waals surface area contributed by atoms with Crippen molar-refractivity contribution >= 4 is 0 Å². The minimum absolute atomic E-state index is 0.0869. The van der Waals surface area contributed by atoms with E-state index in [-0.39, 0.29) is 6.61 Å². The molecule has 3 fully saturated rings. The molecule has 18 heteroatoms. The molecule has 0 aromatic heterocycles. The second kappa shape index (κ2) is 20.8. The minimum Gasteiger partial charge on any atom is -0.396 e. The van der Waals surface area contributed by atoms with Gasteiger partial charge in [-0.05, 0) is 37.7 Å². The summed E-state index contributed by atoms with van der Waals surface area (Å²) in [5.41, 5.74) is 0. The molecule has 0 aromatic carbocycles. The molecule has 3 rings (SSSR count). The lowest BCUT2D eigenvalue weighted by atomic mass is 9.98. The number of rotatable bonds is 14. The van der Waals surface area contributed by atoms with Gasteiger partial charge in [0, 0.05) is 6.61 Å². The van der Waals surface area contributed by atoms with E-state index in [2.05, 4.69) is 23.7 Å². The predicted molar refractivity (Wildman–Crippen MR) is 166 cm³/mol. The second-order valence-electron chi connectivity index (χ2n) is 11.8. The molecular formula is C32H48O18. The number of unbranched alkanes of at least 4 members (excludes halogenated alkanes) is 1. The molecule has 0 saturated carbocycles. The number of ether oxygens (including phenoxy) is 6. The lowest BCUT2D eigenvalue weighted by Crippen LogP contribution is -2.63. The highest BCUT2D eigenvalue weighted by Crippen LogP contribution is 2.28. The number of aliphatic hydroxyl groups is 12. The first-order chi connectivity index (χ1) is 23.9. The fourth-order valence-corrected chi connectivity index (χ4v) is 5.12. The van der Waals surface area contributed by atoms with Crippen LogP contribution in [0.5, 0.6) is 0 Å². The molecule has 284 valence electrons. The van der Waals surface area contributed by atoms with Crippen LogP contribution in [0.1, 0.15) is 19.8 Å². The van der Waals surface area contributed by atoms with Gasteiger partial charge in [0.2, 0.25) is 0 Å². The Hall–Kier alpha value is -2.12. The van der Waals surface area contributed by atoms with Crippen molar-refractivity contribution in [3.8, 4) is 23.7 Å². The topological polar surface area (TPSA) is 298 Å². The first-order valence-electron chi connectivity index (χ1n) is 16.0. The summed E-state index contributed by atoms with van der Waals surface area (Å²) in [6.45, 7) is -0.301. The van der Waals surface area contributed by atoms with E-state index in [9.17, 15) is 56.2 Å². The summed E-state index contributed by atoms with van der Waals surface area (Å²) in [6, 6.07) is 0. The molecule has 0 bridgehead atoms. The van der Waals surface area contributed by atoms with Gasteiger partial charge in [-0.1, -0.05) is 30.1 Å².